The van der Waals surface area contributed by atoms with Gasteiger partial charge in [-0.05, 0) is 31.0 Å². The van der Waals surface area contributed by atoms with Gasteiger partial charge in [-0.1, -0.05) is 23.2 Å². The third-order valence-corrected chi connectivity index (χ3v) is 5.43. The Morgan fingerprint density at radius 3 is 2.57 bits per heavy atom. The number of halogens is 2. The number of carbonyl (C=O) groups excluding carboxylic acids is 1. The fraction of sp³-hybridized carbons (Fsp3) is 0.462. The first-order valence-corrected chi connectivity index (χ1v) is 9.07. The lowest BCUT2D eigenvalue weighted by molar-refractivity contribution is 0.0787. The lowest BCUT2D eigenvalue weighted by atomic mass is 10.1. The number of nitrogens with two attached hydrogens (primary N) is 1. The van der Waals surface area contributed by atoms with Gasteiger partial charge in [0.25, 0.3) is 5.91 Å². The van der Waals surface area contributed by atoms with Crippen LogP contribution in [0.3, 0.4) is 0 Å². The Bertz CT molecular complexity index is 676. The van der Waals surface area contributed by atoms with Gasteiger partial charge in [-0.25, -0.2) is 8.42 Å². The third kappa shape index (κ3) is 3.51. The summed E-state index contributed by atoms with van der Waals surface area (Å²) in [5, 5.41) is 0.161. The Morgan fingerprint density at radius 1 is 1.38 bits per heavy atom. The Labute approximate surface area is 133 Å². The quantitative estimate of drug-likeness (QED) is 0.901. The number of benzene rings is 1. The molecule has 0 bridgehead atoms. The van der Waals surface area contributed by atoms with Crippen molar-refractivity contribution in [3.05, 3.63) is 27.7 Å². The zero-order chi connectivity index (χ0) is 15.8. The van der Waals surface area contributed by atoms with E-state index >= 15 is 0 Å². The second kappa shape index (κ2) is 6.12. The first kappa shape index (κ1) is 16.5. The van der Waals surface area contributed by atoms with Crippen molar-refractivity contribution in [2.24, 2.45) is 11.7 Å². The third-order valence-electron chi connectivity index (χ3n) is 3.56. The largest absolute Gasteiger partial charge is 0.338 e. The maximum atomic E-state index is 12.5. The normalized spacial score (nSPS) is 19.0. The molecule has 1 saturated heterocycles. The zero-order valence-electron chi connectivity index (χ0n) is 11.5. The average Bonchev–Trinajstić information content (AvgIpc) is 2.85. The number of amides is 1. The summed E-state index contributed by atoms with van der Waals surface area (Å²) in [6, 6.07) is 2.54. The molecule has 2 N–H and O–H groups in total. The van der Waals surface area contributed by atoms with Gasteiger partial charge in [0, 0.05) is 19.3 Å². The minimum Gasteiger partial charge on any atom is -0.338 e. The molecule has 5 nitrogen and oxygen atoms in total. The molecule has 1 fully saturated rings. The molecule has 1 heterocycles. The molecule has 0 aliphatic carbocycles. The predicted molar refractivity (Wildman–Crippen MR) is 82.6 cm³/mol. The fourth-order valence-corrected chi connectivity index (χ4v) is 3.99. The summed E-state index contributed by atoms with van der Waals surface area (Å²) in [7, 11) is -3.53. The molecular formula is C13H16Cl2N2O3S. The smallest absolute Gasteiger partial charge is 0.255 e. The van der Waals surface area contributed by atoms with Gasteiger partial charge in [0.05, 0.1) is 20.5 Å². The van der Waals surface area contributed by atoms with Crippen molar-refractivity contribution in [2.75, 3.05) is 25.9 Å². The first-order chi connectivity index (χ1) is 9.74. The number of hydrogen-bond donors (Lipinski definition) is 1. The highest BCUT2D eigenvalue weighted by atomic mass is 35.5. The van der Waals surface area contributed by atoms with Gasteiger partial charge in [0.15, 0.2) is 9.84 Å². The predicted octanol–water partition coefficient (Wildman–Crippen LogP) is 1.82. The Balaban J connectivity index is 2.38. The molecule has 1 aromatic rings. The van der Waals surface area contributed by atoms with Crippen LogP contribution in [0.1, 0.15) is 16.8 Å². The molecule has 1 amide bonds. The maximum Gasteiger partial charge on any atom is 0.255 e. The topological polar surface area (TPSA) is 80.5 Å². The Hall–Kier alpha value is -0.820. The van der Waals surface area contributed by atoms with E-state index in [4.69, 9.17) is 28.9 Å². The van der Waals surface area contributed by atoms with Crippen LogP contribution in [0.25, 0.3) is 0 Å². The number of nitrogens with zero attached hydrogens (tertiary/aromatic N) is 1. The van der Waals surface area contributed by atoms with Gasteiger partial charge in [-0.3, -0.25) is 4.79 Å². The molecule has 2 rings (SSSR count). The van der Waals surface area contributed by atoms with Crippen LogP contribution in [0.15, 0.2) is 17.0 Å². The van der Waals surface area contributed by atoms with Crippen LogP contribution >= 0.6 is 23.2 Å². The van der Waals surface area contributed by atoms with Crippen LogP contribution in [-0.4, -0.2) is 45.1 Å². The van der Waals surface area contributed by atoms with E-state index in [1.54, 1.807) is 4.90 Å². The Morgan fingerprint density at radius 2 is 2.05 bits per heavy atom. The fourth-order valence-electron chi connectivity index (χ4n) is 2.36. The zero-order valence-corrected chi connectivity index (χ0v) is 13.8. The van der Waals surface area contributed by atoms with E-state index in [0.717, 1.165) is 12.7 Å². The van der Waals surface area contributed by atoms with E-state index < -0.39 is 9.84 Å². The minimum atomic E-state index is -3.53. The van der Waals surface area contributed by atoms with Crippen LogP contribution in [0.2, 0.25) is 10.0 Å². The molecular weight excluding hydrogens is 335 g/mol. The first-order valence-electron chi connectivity index (χ1n) is 6.42. The van der Waals surface area contributed by atoms with Crippen LogP contribution in [0, 0.1) is 5.92 Å². The maximum absolute atomic E-state index is 12.5. The number of hydrogen-bond acceptors (Lipinski definition) is 4. The van der Waals surface area contributed by atoms with Crippen molar-refractivity contribution < 1.29 is 13.2 Å². The van der Waals surface area contributed by atoms with E-state index in [1.807, 2.05) is 0 Å². The summed E-state index contributed by atoms with van der Waals surface area (Å²) in [5.74, 6) is -0.0214. The van der Waals surface area contributed by atoms with Crippen LogP contribution in [-0.2, 0) is 9.84 Å². The molecule has 1 aromatic carbocycles. The van der Waals surface area contributed by atoms with Crippen LogP contribution in [0.4, 0.5) is 0 Å². The van der Waals surface area contributed by atoms with Gasteiger partial charge in [-0.2, -0.15) is 0 Å². The number of likely N-dealkylation sites (tertiary alicyclic amines) is 1. The van der Waals surface area contributed by atoms with Crippen molar-refractivity contribution in [2.45, 2.75) is 11.3 Å². The second-order valence-corrected chi connectivity index (χ2v) is 7.97. The summed E-state index contributed by atoms with van der Waals surface area (Å²) < 4.78 is 23.4. The van der Waals surface area contributed by atoms with Gasteiger partial charge in [0.2, 0.25) is 0 Å². The molecule has 0 saturated carbocycles. The highest BCUT2D eigenvalue weighted by Crippen LogP contribution is 2.30. The van der Waals surface area contributed by atoms with Crippen LogP contribution in [0.5, 0.6) is 0 Å². The molecule has 21 heavy (non-hydrogen) atoms. The highest BCUT2D eigenvalue weighted by molar-refractivity contribution is 7.90. The standard InChI is InChI=1S/C13H16Cl2N2O3S/c1-21(19,20)12-4-9(10(14)5-11(12)15)13(18)17-3-2-8(6-16)7-17/h4-5,8H,2-3,6-7,16H2,1H3/t8-/m0/s1. The van der Waals surface area contributed by atoms with Gasteiger partial charge >= 0.3 is 0 Å². The van der Waals surface area contributed by atoms with E-state index in [2.05, 4.69) is 0 Å². The number of sulfone groups is 1. The molecule has 0 radical (unpaired) electrons. The lowest BCUT2D eigenvalue weighted by Gasteiger charge is -2.18. The van der Waals surface area contributed by atoms with Gasteiger partial charge < -0.3 is 10.6 Å². The second-order valence-electron chi connectivity index (χ2n) is 5.18. The van der Waals surface area contributed by atoms with E-state index in [-0.39, 0.29) is 32.3 Å². The monoisotopic (exact) mass is 350 g/mol. The lowest BCUT2D eigenvalue weighted by Crippen LogP contribution is -2.30. The summed E-state index contributed by atoms with van der Waals surface area (Å²) in [6.07, 6.45) is 1.88. The van der Waals surface area contributed by atoms with Gasteiger partial charge in [-0.15, -0.1) is 0 Å². The molecule has 1 aliphatic rings. The Kier molecular flexibility index (Phi) is 4.82. The van der Waals surface area contributed by atoms with Crippen molar-refractivity contribution in [1.29, 1.82) is 0 Å². The van der Waals surface area contributed by atoms with E-state index in [0.29, 0.717) is 19.6 Å². The SMILES string of the molecule is CS(=O)(=O)c1cc(C(=O)N2CC[C@@H](CN)C2)c(Cl)cc1Cl. The van der Waals surface area contributed by atoms with Crippen LogP contribution < -0.4 is 5.73 Å². The van der Waals surface area contributed by atoms with Crippen molar-refractivity contribution in [3.8, 4) is 0 Å². The molecule has 0 unspecified atom stereocenters. The summed E-state index contributed by atoms with van der Waals surface area (Å²) in [6.45, 7) is 1.67. The summed E-state index contributed by atoms with van der Waals surface area (Å²) in [5.41, 5.74) is 5.76. The van der Waals surface area contributed by atoms with E-state index in [9.17, 15) is 13.2 Å². The summed E-state index contributed by atoms with van der Waals surface area (Å²) >= 11 is 11.9. The number of rotatable bonds is 3. The van der Waals surface area contributed by atoms with Crippen molar-refractivity contribution in [1.82, 2.24) is 4.90 Å². The molecule has 8 heteroatoms. The molecule has 1 aliphatic heterocycles. The van der Waals surface area contributed by atoms with Crippen molar-refractivity contribution in [3.63, 3.8) is 0 Å². The average molecular weight is 351 g/mol. The molecule has 116 valence electrons. The molecule has 0 spiro atoms. The van der Waals surface area contributed by atoms with Crippen molar-refractivity contribution >= 4 is 38.9 Å². The molecule has 1 atom stereocenters. The molecule has 0 aromatic heterocycles. The van der Waals surface area contributed by atoms with Gasteiger partial charge in [0.1, 0.15) is 0 Å². The minimum absolute atomic E-state index is 0.0142. The van der Waals surface area contributed by atoms with E-state index in [1.165, 1.54) is 12.1 Å². The highest BCUT2D eigenvalue weighted by Gasteiger charge is 2.28. The number of carbonyl (C=O) groups is 1. The summed E-state index contributed by atoms with van der Waals surface area (Å²) in [4.78, 5) is 14.0.